The number of benzene rings is 1. The quantitative estimate of drug-likeness (QED) is 0.592. The Morgan fingerprint density at radius 1 is 1.30 bits per heavy atom. The summed E-state index contributed by atoms with van der Waals surface area (Å²) < 4.78 is 24.7. The Hall–Kier alpha value is -1.46. The van der Waals surface area contributed by atoms with Gasteiger partial charge in [-0.2, -0.15) is 8.39 Å². The van der Waals surface area contributed by atoms with Crippen LogP contribution in [0.1, 0.15) is 25.7 Å². The van der Waals surface area contributed by atoms with Crippen molar-refractivity contribution in [3.63, 3.8) is 0 Å². The molecule has 1 heterocycles. The number of hydrogen-bond donors (Lipinski definition) is 2. The number of anilines is 2. The molecule has 0 saturated heterocycles. The van der Waals surface area contributed by atoms with Gasteiger partial charge in [-0.3, -0.25) is 9.59 Å². The predicted molar refractivity (Wildman–Crippen MR) is 88.7 cm³/mol. The van der Waals surface area contributed by atoms with E-state index < -0.39 is 14.1 Å². The molecule has 23 heavy (non-hydrogen) atoms. The van der Waals surface area contributed by atoms with Gasteiger partial charge in [0.15, 0.2) is 0 Å². The molecule has 122 valence electrons. The highest BCUT2D eigenvalue weighted by atomic mass is 32.2. The number of amides is 1. The average Bonchev–Trinajstić information content (AvgIpc) is 3.15. The van der Waals surface area contributed by atoms with Gasteiger partial charge in [-0.05, 0) is 31.0 Å². The smallest absolute Gasteiger partial charge is 0.338 e. The lowest BCUT2D eigenvalue weighted by Gasteiger charge is -2.11. The van der Waals surface area contributed by atoms with E-state index in [0.717, 1.165) is 42.3 Å². The van der Waals surface area contributed by atoms with E-state index >= 15 is 0 Å². The van der Waals surface area contributed by atoms with Gasteiger partial charge in [-0.15, -0.1) is 0 Å². The van der Waals surface area contributed by atoms with E-state index in [1.165, 1.54) is 11.8 Å². The number of fused-ring (bicyclic) bond motifs is 1. The molecule has 0 unspecified atom stereocenters. The summed E-state index contributed by atoms with van der Waals surface area (Å²) in [6.07, 6.45) is 4.98. The fourth-order valence-electron chi connectivity index (χ4n) is 2.72. The minimum Gasteiger partial charge on any atom is -0.349 e. The van der Waals surface area contributed by atoms with Gasteiger partial charge in [-0.1, -0.05) is 24.6 Å². The minimum absolute atomic E-state index is 0.0323. The van der Waals surface area contributed by atoms with E-state index in [1.54, 1.807) is 18.2 Å². The zero-order valence-corrected chi connectivity index (χ0v) is 13.9. The molecule has 0 bridgehead atoms. The Balaban J connectivity index is 1.68. The van der Waals surface area contributed by atoms with Crippen molar-refractivity contribution in [1.29, 1.82) is 0 Å². The number of hydrogen-bond acceptors (Lipinski definition) is 4. The number of carbonyl (C=O) groups is 2. The molecule has 1 aliphatic carbocycles. The normalized spacial score (nSPS) is 19.0. The summed E-state index contributed by atoms with van der Waals surface area (Å²) in [7, 11) is -3.60. The van der Waals surface area contributed by atoms with Gasteiger partial charge >= 0.3 is 8.54 Å². The van der Waals surface area contributed by atoms with Crippen LogP contribution >= 0.6 is 20.3 Å². The topological polar surface area (TPSA) is 58.2 Å². The molecule has 0 atom stereocenters. The van der Waals surface area contributed by atoms with E-state index in [1.807, 2.05) is 0 Å². The van der Waals surface area contributed by atoms with Crippen LogP contribution in [0, 0.1) is 5.92 Å². The van der Waals surface area contributed by atoms with E-state index in [0.29, 0.717) is 10.7 Å². The molecule has 1 amide bonds. The highest BCUT2D eigenvalue weighted by Crippen LogP contribution is 2.45. The van der Waals surface area contributed by atoms with E-state index in [9.17, 15) is 18.0 Å². The Morgan fingerprint density at radius 2 is 2.04 bits per heavy atom. The van der Waals surface area contributed by atoms with Crippen LogP contribution in [0.5, 0.6) is 0 Å². The first kappa shape index (κ1) is 16.4. The van der Waals surface area contributed by atoms with Crippen molar-refractivity contribution in [2.45, 2.75) is 30.6 Å². The van der Waals surface area contributed by atoms with Crippen LogP contribution < -0.4 is 10.6 Å². The van der Waals surface area contributed by atoms with Crippen molar-refractivity contribution >= 4 is 43.1 Å². The van der Waals surface area contributed by atoms with Gasteiger partial charge in [0.25, 0.3) is 0 Å². The van der Waals surface area contributed by atoms with Crippen molar-refractivity contribution in [2.75, 3.05) is 10.6 Å². The number of halogens is 2. The van der Waals surface area contributed by atoms with Crippen LogP contribution in [0.25, 0.3) is 0 Å². The van der Waals surface area contributed by atoms with Crippen molar-refractivity contribution in [1.82, 2.24) is 0 Å². The Labute approximate surface area is 138 Å². The second-order valence-electron chi connectivity index (χ2n) is 5.49. The van der Waals surface area contributed by atoms with Crippen molar-refractivity contribution in [3.05, 3.63) is 29.3 Å². The van der Waals surface area contributed by atoms with Gasteiger partial charge in [0.05, 0.1) is 10.7 Å². The molecular formula is C15H15F2N2O2PS. The molecule has 8 heteroatoms. The maximum absolute atomic E-state index is 12.4. The molecule has 1 fully saturated rings. The molecule has 1 aliphatic heterocycles. The first-order chi connectivity index (χ1) is 11.0. The van der Waals surface area contributed by atoms with Crippen LogP contribution in [0.2, 0.25) is 0 Å². The number of rotatable bonds is 4. The van der Waals surface area contributed by atoms with Crippen molar-refractivity contribution in [2.24, 2.45) is 5.92 Å². The molecule has 0 aromatic heterocycles. The summed E-state index contributed by atoms with van der Waals surface area (Å²) >= 11 is 1.21. The molecule has 4 nitrogen and oxygen atoms in total. The maximum Gasteiger partial charge on any atom is 0.338 e. The zero-order chi connectivity index (χ0) is 16.4. The summed E-state index contributed by atoms with van der Waals surface area (Å²) in [4.78, 5) is 24.0. The van der Waals surface area contributed by atoms with Crippen LogP contribution in [0.3, 0.4) is 0 Å². The molecule has 1 aromatic carbocycles. The Bertz CT molecular complexity index is 675. The Morgan fingerprint density at radius 3 is 2.74 bits per heavy atom. The highest BCUT2D eigenvalue weighted by molar-refractivity contribution is 8.03. The second-order valence-corrected chi connectivity index (χ2v) is 7.48. The van der Waals surface area contributed by atoms with Crippen LogP contribution in [0.4, 0.5) is 19.8 Å². The maximum atomic E-state index is 12.4. The SMILES string of the molecule is O=C(Nc1ccc2c(c1)S/C(=C/C(=O)P(F)F)N2)C1CCCC1. The van der Waals surface area contributed by atoms with Crippen LogP contribution in [-0.2, 0) is 9.59 Å². The minimum atomic E-state index is -3.60. The lowest BCUT2D eigenvalue weighted by atomic mass is 10.1. The molecular weight excluding hydrogens is 341 g/mol. The van der Waals surface area contributed by atoms with Gasteiger partial charge in [-0.25, -0.2) is 0 Å². The van der Waals surface area contributed by atoms with Crippen LogP contribution in [0.15, 0.2) is 34.2 Å². The summed E-state index contributed by atoms with van der Waals surface area (Å²) in [6, 6.07) is 5.33. The number of thioether (sulfide) groups is 1. The Kier molecular flexibility index (Phi) is 4.97. The van der Waals surface area contributed by atoms with Crippen molar-refractivity contribution < 1.29 is 18.0 Å². The first-order valence-electron chi connectivity index (χ1n) is 7.30. The van der Waals surface area contributed by atoms with E-state index in [2.05, 4.69) is 10.6 Å². The number of nitrogens with one attached hydrogen (secondary N) is 2. The average molecular weight is 356 g/mol. The van der Waals surface area contributed by atoms with Gasteiger partial charge in [0, 0.05) is 22.6 Å². The zero-order valence-electron chi connectivity index (χ0n) is 12.1. The summed E-state index contributed by atoms with van der Waals surface area (Å²) in [6.45, 7) is 0. The molecule has 0 radical (unpaired) electrons. The fourth-order valence-corrected chi connectivity index (χ4v) is 4.02. The third-order valence-electron chi connectivity index (χ3n) is 3.87. The molecule has 1 saturated carbocycles. The summed E-state index contributed by atoms with van der Waals surface area (Å²) in [5.74, 6) is 0.111. The lowest BCUT2D eigenvalue weighted by molar-refractivity contribution is -0.119. The second kappa shape index (κ2) is 6.97. The van der Waals surface area contributed by atoms with E-state index in [4.69, 9.17) is 0 Å². The van der Waals surface area contributed by atoms with Crippen molar-refractivity contribution in [3.8, 4) is 0 Å². The van der Waals surface area contributed by atoms with Gasteiger partial charge < -0.3 is 10.6 Å². The third-order valence-corrected chi connectivity index (χ3v) is 5.33. The van der Waals surface area contributed by atoms with Crippen LogP contribution in [-0.4, -0.2) is 11.4 Å². The predicted octanol–water partition coefficient (Wildman–Crippen LogP) is 4.95. The number of allylic oxidation sites excluding steroid dienone is 1. The monoisotopic (exact) mass is 356 g/mol. The molecule has 2 N–H and O–H groups in total. The third kappa shape index (κ3) is 3.90. The largest absolute Gasteiger partial charge is 0.349 e. The summed E-state index contributed by atoms with van der Waals surface area (Å²) in [5.41, 5.74) is 0.272. The van der Waals surface area contributed by atoms with E-state index in [-0.39, 0.29) is 11.8 Å². The standard InChI is InChI=1S/C15H15F2N2O2PS/c16-22(17)14(20)8-13-19-11-6-5-10(7-12(11)23-13)18-15(21)9-3-1-2-4-9/h5-9,19H,1-4H2,(H,18,21)/b13-8+. The molecule has 2 aliphatic rings. The molecule has 1 aromatic rings. The first-order valence-corrected chi connectivity index (χ1v) is 9.24. The van der Waals surface area contributed by atoms with Gasteiger partial charge in [0.2, 0.25) is 11.4 Å². The number of carbonyl (C=O) groups excluding carboxylic acids is 2. The summed E-state index contributed by atoms with van der Waals surface area (Å²) in [5, 5.41) is 6.21. The highest BCUT2D eigenvalue weighted by Gasteiger charge is 2.24. The molecule has 3 rings (SSSR count). The van der Waals surface area contributed by atoms with Gasteiger partial charge in [0.1, 0.15) is 0 Å². The fraction of sp³-hybridized carbons (Fsp3) is 0.333. The lowest BCUT2D eigenvalue weighted by Crippen LogP contribution is -2.20. The molecule has 0 spiro atoms.